The molecule has 1 amide bonds. The number of hydrogen-bond donors (Lipinski definition) is 1. The number of ether oxygens (including phenoxy) is 2. The average Bonchev–Trinajstić information content (AvgIpc) is 3.35. The van der Waals surface area contributed by atoms with Crippen LogP contribution < -0.4 is 14.8 Å². The summed E-state index contributed by atoms with van der Waals surface area (Å²) in [6.07, 6.45) is -3.45. The van der Waals surface area contributed by atoms with Gasteiger partial charge in [-0.15, -0.1) is 0 Å². The summed E-state index contributed by atoms with van der Waals surface area (Å²) in [5.41, 5.74) is 0.411. The van der Waals surface area contributed by atoms with E-state index in [9.17, 15) is 26.7 Å². The first kappa shape index (κ1) is 22.7. The van der Waals surface area contributed by atoms with Crippen molar-refractivity contribution in [1.29, 1.82) is 0 Å². The molecule has 2 aromatic rings. The summed E-state index contributed by atoms with van der Waals surface area (Å²) in [7, 11) is 1.29. The van der Waals surface area contributed by atoms with Crippen molar-refractivity contribution in [2.75, 3.05) is 20.2 Å². The van der Waals surface area contributed by atoms with Crippen LogP contribution in [0.4, 0.5) is 22.0 Å². The van der Waals surface area contributed by atoms with E-state index < -0.39 is 31.3 Å². The maximum absolute atomic E-state index is 12.4. The van der Waals surface area contributed by atoms with Gasteiger partial charge in [-0.1, -0.05) is 5.16 Å². The second-order valence-corrected chi connectivity index (χ2v) is 6.72. The van der Waals surface area contributed by atoms with Crippen molar-refractivity contribution in [1.82, 2.24) is 20.4 Å². The third kappa shape index (κ3) is 6.03. The summed E-state index contributed by atoms with van der Waals surface area (Å²) in [6, 6.07) is 3.38. The van der Waals surface area contributed by atoms with Crippen molar-refractivity contribution in [3.05, 3.63) is 24.1 Å². The molecule has 1 aliphatic rings. The third-order valence-electron chi connectivity index (χ3n) is 4.57. The number of nitrogens with zero attached hydrogens (tertiary/aromatic N) is 3. The number of likely N-dealkylation sites (tertiary alicyclic amines) is 1. The van der Waals surface area contributed by atoms with Crippen molar-refractivity contribution in [2.45, 2.75) is 38.2 Å². The summed E-state index contributed by atoms with van der Waals surface area (Å²) < 4.78 is 76.5. The number of halogens is 5. The lowest BCUT2D eigenvalue weighted by atomic mass is 10.2. The first-order valence-corrected chi connectivity index (χ1v) is 9.20. The number of aromatic nitrogens is 2. The molecule has 13 heteroatoms. The second kappa shape index (κ2) is 9.45. The van der Waals surface area contributed by atoms with E-state index in [-0.39, 0.29) is 29.8 Å². The summed E-state index contributed by atoms with van der Waals surface area (Å²) >= 11 is 0. The first-order chi connectivity index (χ1) is 14.7. The summed E-state index contributed by atoms with van der Waals surface area (Å²) in [5.74, 6) is -0.527. The number of alkyl halides is 5. The van der Waals surface area contributed by atoms with Gasteiger partial charge in [0.2, 0.25) is 17.6 Å². The van der Waals surface area contributed by atoms with Crippen LogP contribution in [0.25, 0.3) is 11.4 Å². The molecule has 1 atom stereocenters. The van der Waals surface area contributed by atoms with E-state index in [1.807, 2.05) is 5.32 Å². The summed E-state index contributed by atoms with van der Waals surface area (Å²) in [6.45, 7) is -3.86. The van der Waals surface area contributed by atoms with Crippen LogP contribution in [0.15, 0.2) is 22.7 Å². The van der Waals surface area contributed by atoms with Gasteiger partial charge in [0.1, 0.15) is 6.54 Å². The van der Waals surface area contributed by atoms with Crippen LogP contribution in [0, 0.1) is 0 Å². The Kier molecular flexibility index (Phi) is 6.93. The lowest BCUT2D eigenvalue weighted by molar-refractivity contribution is -0.141. The van der Waals surface area contributed by atoms with Gasteiger partial charge in [-0.05, 0) is 37.6 Å². The van der Waals surface area contributed by atoms with Gasteiger partial charge >= 0.3 is 12.8 Å². The fourth-order valence-electron chi connectivity index (χ4n) is 3.23. The Labute approximate surface area is 173 Å². The molecule has 1 aliphatic heterocycles. The molecule has 170 valence electrons. The highest BCUT2D eigenvalue weighted by molar-refractivity contribution is 5.82. The first-order valence-electron chi connectivity index (χ1n) is 9.20. The Morgan fingerprint density at radius 2 is 2.13 bits per heavy atom. The van der Waals surface area contributed by atoms with Gasteiger partial charge in [-0.2, -0.15) is 26.9 Å². The Hall–Kier alpha value is -2.96. The summed E-state index contributed by atoms with van der Waals surface area (Å²) in [5, 5.41) is 5.72. The highest BCUT2D eigenvalue weighted by atomic mass is 19.4. The number of nitrogens with one attached hydrogen (secondary N) is 1. The van der Waals surface area contributed by atoms with Gasteiger partial charge < -0.3 is 19.3 Å². The molecule has 0 spiro atoms. The van der Waals surface area contributed by atoms with E-state index >= 15 is 0 Å². The van der Waals surface area contributed by atoms with E-state index in [1.54, 1.807) is 4.90 Å². The Bertz CT molecular complexity index is 905. The number of benzene rings is 1. The van der Waals surface area contributed by atoms with Gasteiger partial charge in [0, 0.05) is 5.56 Å². The summed E-state index contributed by atoms with van der Waals surface area (Å²) in [4.78, 5) is 18.0. The topological polar surface area (TPSA) is 89.7 Å². The highest BCUT2D eigenvalue weighted by Gasteiger charge is 2.34. The van der Waals surface area contributed by atoms with E-state index in [4.69, 9.17) is 9.26 Å². The zero-order chi connectivity index (χ0) is 22.6. The Morgan fingerprint density at radius 3 is 2.81 bits per heavy atom. The Morgan fingerprint density at radius 1 is 1.35 bits per heavy atom. The smallest absolute Gasteiger partial charge is 0.405 e. The quantitative estimate of drug-likeness (QED) is 0.619. The van der Waals surface area contributed by atoms with Crippen molar-refractivity contribution in [2.24, 2.45) is 0 Å². The molecule has 1 fully saturated rings. The van der Waals surface area contributed by atoms with Crippen LogP contribution in [0.5, 0.6) is 11.5 Å². The monoisotopic (exact) mass is 450 g/mol. The molecule has 8 nitrogen and oxygen atoms in total. The van der Waals surface area contributed by atoms with Gasteiger partial charge in [0.05, 0.1) is 19.7 Å². The Balaban J connectivity index is 1.67. The molecule has 2 heterocycles. The van der Waals surface area contributed by atoms with Crippen LogP contribution in [0.3, 0.4) is 0 Å². The van der Waals surface area contributed by atoms with Crippen LogP contribution in [0.1, 0.15) is 18.7 Å². The van der Waals surface area contributed by atoms with Crippen molar-refractivity contribution >= 4 is 5.91 Å². The molecule has 3 rings (SSSR count). The third-order valence-corrected chi connectivity index (χ3v) is 4.57. The largest absolute Gasteiger partial charge is 0.493 e. The normalized spacial score (nSPS) is 17.2. The maximum atomic E-state index is 12.4. The molecule has 1 N–H and O–H groups in total. The van der Waals surface area contributed by atoms with E-state index in [1.165, 1.54) is 25.3 Å². The predicted octanol–water partition coefficient (Wildman–Crippen LogP) is 2.99. The minimum Gasteiger partial charge on any atom is -0.493 e. The number of carbonyl (C=O) groups excluding carboxylic acids is 1. The van der Waals surface area contributed by atoms with Crippen LogP contribution >= 0.6 is 0 Å². The minimum absolute atomic E-state index is 0.0464. The van der Waals surface area contributed by atoms with Crippen LogP contribution in [-0.2, 0) is 11.3 Å². The number of rotatable bonds is 8. The number of amides is 1. The van der Waals surface area contributed by atoms with Crippen molar-refractivity contribution in [3.8, 4) is 22.9 Å². The molecule has 0 radical (unpaired) electrons. The lowest BCUT2D eigenvalue weighted by Gasteiger charge is -2.22. The standard InChI is InChI=1S/C18H19F5N4O4/c1-29-13-7-10(4-5-12(13)30-17(19)20)15-25-14(31-26-15)8-27-6-2-3-11(27)16(28)24-9-18(21,22)23/h4-5,7,11,17H,2-3,6,8-9H2,1H3,(H,24,28). The fourth-order valence-corrected chi connectivity index (χ4v) is 3.23. The van der Waals surface area contributed by atoms with Gasteiger partial charge in [-0.25, -0.2) is 0 Å². The van der Waals surface area contributed by atoms with Gasteiger partial charge in [0.15, 0.2) is 11.5 Å². The molecule has 1 saturated heterocycles. The molecule has 1 aromatic carbocycles. The van der Waals surface area contributed by atoms with Gasteiger partial charge in [0.25, 0.3) is 0 Å². The van der Waals surface area contributed by atoms with E-state index in [2.05, 4.69) is 14.9 Å². The number of hydrogen-bond acceptors (Lipinski definition) is 7. The molecule has 1 aromatic heterocycles. The predicted molar refractivity (Wildman–Crippen MR) is 95.4 cm³/mol. The highest BCUT2D eigenvalue weighted by Crippen LogP contribution is 2.32. The van der Waals surface area contributed by atoms with E-state index in [0.717, 1.165) is 0 Å². The van der Waals surface area contributed by atoms with Crippen molar-refractivity contribution in [3.63, 3.8) is 0 Å². The average molecular weight is 450 g/mol. The minimum atomic E-state index is -4.49. The molecule has 31 heavy (non-hydrogen) atoms. The second-order valence-electron chi connectivity index (χ2n) is 6.72. The molecule has 1 unspecified atom stereocenters. The van der Waals surface area contributed by atoms with E-state index in [0.29, 0.717) is 24.9 Å². The zero-order valence-electron chi connectivity index (χ0n) is 16.3. The van der Waals surface area contributed by atoms with Gasteiger partial charge in [-0.3, -0.25) is 9.69 Å². The fraction of sp³-hybridized carbons (Fsp3) is 0.500. The SMILES string of the molecule is COc1cc(-c2noc(CN3CCCC3C(=O)NCC(F)(F)F)n2)ccc1OC(F)F. The zero-order valence-corrected chi connectivity index (χ0v) is 16.3. The molecular formula is C18H19F5N4O4. The number of carbonyl (C=O) groups is 1. The molecule has 0 saturated carbocycles. The van der Waals surface area contributed by atoms with Crippen LogP contribution in [0.2, 0.25) is 0 Å². The maximum Gasteiger partial charge on any atom is 0.405 e. The lowest BCUT2D eigenvalue weighted by Crippen LogP contribution is -2.45. The van der Waals surface area contributed by atoms with Crippen LogP contribution in [-0.4, -0.2) is 60.0 Å². The molecule has 0 aliphatic carbocycles. The molecular weight excluding hydrogens is 431 g/mol. The number of methoxy groups -OCH3 is 1. The molecule has 0 bridgehead atoms. The van der Waals surface area contributed by atoms with Crippen molar-refractivity contribution < 1.29 is 40.7 Å².